The average Bonchev–Trinajstić information content (AvgIpc) is 2.88. The monoisotopic (exact) mass is 508 g/mol. The van der Waals surface area contributed by atoms with E-state index in [0.717, 1.165) is 51.2 Å². The third-order valence-corrected chi connectivity index (χ3v) is 7.47. The van der Waals surface area contributed by atoms with Gasteiger partial charge in [-0.25, -0.2) is 9.78 Å². The summed E-state index contributed by atoms with van der Waals surface area (Å²) in [4.78, 5) is 26.1. The smallest absolute Gasteiger partial charge is 0.416 e. The highest BCUT2D eigenvalue weighted by Gasteiger charge is 2.32. The number of aromatic carboxylic acids is 1. The lowest BCUT2D eigenvalue weighted by atomic mass is 9.93. The predicted molar refractivity (Wildman–Crippen MR) is 136 cm³/mol. The molecule has 0 unspecified atom stereocenters. The summed E-state index contributed by atoms with van der Waals surface area (Å²) in [5, 5.41) is 10.2. The van der Waals surface area contributed by atoms with Crippen molar-refractivity contribution in [1.82, 2.24) is 19.8 Å². The zero-order valence-electron chi connectivity index (χ0n) is 20.5. The Labute approximate surface area is 214 Å². The van der Waals surface area contributed by atoms with Crippen molar-refractivity contribution in [2.45, 2.75) is 50.9 Å². The van der Waals surface area contributed by atoms with Crippen LogP contribution in [0.2, 0.25) is 0 Å². The number of halogens is 3. The molecule has 2 saturated heterocycles. The molecule has 0 spiro atoms. The number of piperidine rings is 2. The molecule has 2 aromatic heterocycles. The molecule has 0 amide bonds. The number of carbonyl (C=O) groups is 1. The van der Waals surface area contributed by atoms with Gasteiger partial charge in [0.25, 0.3) is 0 Å². The number of pyridine rings is 2. The third-order valence-electron chi connectivity index (χ3n) is 7.47. The summed E-state index contributed by atoms with van der Waals surface area (Å²) in [5.41, 5.74) is 0.625. The van der Waals surface area contributed by atoms with Crippen molar-refractivity contribution in [3.63, 3.8) is 0 Å². The number of likely N-dealkylation sites (tertiary alicyclic amines) is 2. The molecule has 5 rings (SSSR count). The summed E-state index contributed by atoms with van der Waals surface area (Å²) in [5.74, 6) is -1.20. The lowest BCUT2D eigenvalue weighted by molar-refractivity contribution is -0.137. The summed E-state index contributed by atoms with van der Waals surface area (Å²) < 4.78 is 40.5. The van der Waals surface area contributed by atoms with Crippen LogP contribution >= 0.6 is 0 Å². The minimum absolute atomic E-state index is 0.0458. The van der Waals surface area contributed by atoms with Gasteiger partial charge < -0.3 is 10.0 Å². The number of carboxylic acid groups (broad SMARTS) is 1. The van der Waals surface area contributed by atoms with Crippen LogP contribution < -0.4 is 5.46 Å². The van der Waals surface area contributed by atoms with Crippen LogP contribution in [0.5, 0.6) is 0 Å². The molecular formula is C27H28BF3N4O2. The van der Waals surface area contributed by atoms with E-state index in [9.17, 15) is 23.1 Å². The summed E-state index contributed by atoms with van der Waals surface area (Å²) in [6, 6.07) is 6.87. The lowest BCUT2D eigenvalue weighted by Gasteiger charge is -2.40. The van der Waals surface area contributed by atoms with E-state index in [0.29, 0.717) is 17.1 Å². The van der Waals surface area contributed by atoms with Crippen LogP contribution in [0.4, 0.5) is 13.2 Å². The van der Waals surface area contributed by atoms with E-state index in [-0.39, 0.29) is 34.4 Å². The van der Waals surface area contributed by atoms with Gasteiger partial charge in [0.05, 0.1) is 22.3 Å². The van der Waals surface area contributed by atoms with Crippen LogP contribution in [0.15, 0.2) is 36.5 Å². The highest BCUT2D eigenvalue weighted by atomic mass is 19.4. The molecule has 37 heavy (non-hydrogen) atoms. The Balaban J connectivity index is 1.54. The van der Waals surface area contributed by atoms with Gasteiger partial charge in [0.15, 0.2) is 0 Å². The van der Waals surface area contributed by atoms with Crippen molar-refractivity contribution in [2.24, 2.45) is 0 Å². The Hall–Kier alpha value is -2.98. The van der Waals surface area contributed by atoms with Crippen LogP contribution in [-0.4, -0.2) is 70.9 Å². The molecule has 10 heteroatoms. The molecule has 0 bridgehead atoms. The molecule has 6 nitrogen and oxygen atoms in total. The van der Waals surface area contributed by atoms with Crippen LogP contribution in [0.1, 0.15) is 53.6 Å². The van der Waals surface area contributed by atoms with Gasteiger partial charge in [0, 0.05) is 29.9 Å². The summed E-state index contributed by atoms with van der Waals surface area (Å²) in [6.45, 7) is 4.05. The zero-order chi connectivity index (χ0) is 26.2. The van der Waals surface area contributed by atoms with Crippen molar-refractivity contribution in [2.75, 3.05) is 26.2 Å². The number of nitrogens with zero attached hydrogens (tertiary/aromatic N) is 4. The van der Waals surface area contributed by atoms with Gasteiger partial charge in [0.1, 0.15) is 13.4 Å². The number of hydrogen-bond donors (Lipinski definition) is 1. The first kappa shape index (κ1) is 25.7. The summed E-state index contributed by atoms with van der Waals surface area (Å²) in [6.07, 6.45) is 2.50. The van der Waals surface area contributed by atoms with E-state index in [2.05, 4.69) is 19.8 Å². The topological polar surface area (TPSA) is 69.6 Å². The van der Waals surface area contributed by atoms with Crippen LogP contribution in [0.3, 0.4) is 0 Å². The molecule has 2 radical (unpaired) electrons. The maximum absolute atomic E-state index is 13.5. The number of carboxylic acids is 1. The quantitative estimate of drug-likeness (QED) is 0.520. The Kier molecular flexibility index (Phi) is 7.22. The third kappa shape index (κ3) is 5.50. The summed E-state index contributed by atoms with van der Waals surface area (Å²) in [7, 11) is 5.87. The van der Waals surface area contributed by atoms with E-state index in [4.69, 9.17) is 7.85 Å². The first-order valence-electron chi connectivity index (χ1n) is 12.7. The summed E-state index contributed by atoms with van der Waals surface area (Å²) >= 11 is 0. The Morgan fingerprint density at radius 2 is 1.81 bits per heavy atom. The van der Waals surface area contributed by atoms with Gasteiger partial charge >= 0.3 is 12.1 Å². The Bertz CT molecular complexity index is 1300. The van der Waals surface area contributed by atoms with Crippen molar-refractivity contribution < 1.29 is 23.1 Å². The number of alkyl halides is 3. The maximum Gasteiger partial charge on any atom is 0.416 e. The molecule has 1 N–H and O–H groups in total. The molecular weight excluding hydrogens is 480 g/mol. The van der Waals surface area contributed by atoms with E-state index < -0.39 is 17.7 Å². The first-order chi connectivity index (χ1) is 17.7. The van der Waals surface area contributed by atoms with Gasteiger partial charge in [-0.05, 0) is 70.1 Å². The maximum atomic E-state index is 13.5. The van der Waals surface area contributed by atoms with Gasteiger partial charge in [-0.3, -0.25) is 9.88 Å². The number of aromatic nitrogens is 2. The van der Waals surface area contributed by atoms with Gasteiger partial charge in [-0.1, -0.05) is 24.0 Å². The highest BCUT2D eigenvalue weighted by molar-refractivity contribution is 6.32. The van der Waals surface area contributed by atoms with E-state index in [1.54, 1.807) is 0 Å². The van der Waals surface area contributed by atoms with Gasteiger partial charge in [0.2, 0.25) is 0 Å². The predicted octanol–water partition coefficient (Wildman–Crippen LogP) is 4.26. The van der Waals surface area contributed by atoms with Gasteiger partial charge in [-0.2, -0.15) is 13.2 Å². The van der Waals surface area contributed by atoms with Crippen molar-refractivity contribution in [1.29, 1.82) is 0 Å². The molecule has 3 aromatic rings. The van der Waals surface area contributed by atoms with Crippen molar-refractivity contribution in [3.05, 3.63) is 53.2 Å². The molecule has 2 aliphatic rings. The van der Waals surface area contributed by atoms with E-state index >= 15 is 0 Å². The molecule has 1 aromatic carbocycles. The minimum atomic E-state index is -4.54. The van der Waals surface area contributed by atoms with E-state index in [1.165, 1.54) is 43.7 Å². The standard InChI is InChI=1S/C27H28BF3N4O2/c28-19-14-22-25(32-15-19)23(26(36)37)21(24(33-22)17-5-4-6-18(13-17)27(29,30)31)16-34-11-7-20(8-12-34)35-9-2-1-3-10-35/h4-6,13-15,20H,1-3,7-12,16H2,(H,36,37). The molecule has 0 aliphatic carbocycles. The van der Waals surface area contributed by atoms with Gasteiger partial charge in [-0.15, -0.1) is 0 Å². The molecule has 4 heterocycles. The first-order valence-corrected chi connectivity index (χ1v) is 12.7. The molecule has 0 atom stereocenters. The second kappa shape index (κ2) is 10.4. The second-order valence-corrected chi connectivity index (χ2v) is 9.94. The fraction of sp³-hybridized carbons (Fsp3) is 0.444. The minimum Gasteiger partial charge on any atom is -0.478 e. The van der Waals surface area contributed by atoms with Crippen molar-refractivity contribution in [3.8, 4) is 11.3 Å². The number of fused-ring (bicyclic) bond motifs is 1. The van der Waals surface area contributed by atoms with E-state index in [1.807, 2.05) is 0 Å². The normalized spacial score (nSPS) is 18.4. The zero-order valence-corrected chi connectivity index (χ0v) is 20.5. The molecule has 0 saturated carbocycles. The highest BCUT2D eigenvalue weighted by Crippen LogP contribution is 2.35. The fourth-order valence-corrected chi connectivity index (χ4v) is 5.61. The molecule has 2 fully saturated rings. The largest absolute Gasteiger partial charge is 0.478 e. The lowest BCUT2D eigenvalue weighted by Crippen LogP contribution is -2.46. The fourth-order valence-electron chi connectivity index (χ4n) is 5.61. The average molecular weight is 508 g/mol. The Morgan fingerprint density at radius 3 is 2.49 bits per heavy atom. The number of benzene rings is 1. The molecule has 2 aliphatic heterocycles. The SMILES string of the molecule is [B]c1cnc2c(C(=O)O)c(CN3CCC(N4CCCCC4)CC3)c(-c3cccc(C(F)(F)F)c3)nc2c1. The second-order valence-electron chi connectivity index (χ2n) is 9.94. The van der Waals surface area contributed by atoms with Crippen LogP contribution in [0, 0.1) is 0 Å². The van der Waals surface area contributed by atoms with Crippen molar-refractivity contribution >= 4 is 30.3 Å². The van der Waals surface area contributed by atoms with Crippen LogP contribution in [-0.2, 0) is 12.7 Å². The Morgan fingerprint density at radius 1 is 1.08 bits per heavy atom. The molecule has 192 valence electrons. The van der Waals surface area contributed by atoms with Crippen LogP contribution in [0.25, 0.3) is 22.3 Å². The number of hydrogen-bond acceptors (Lipinski definition) is 5. The number of rotatable bonds is 5.